The Balaban J connectivity index is 2.01. The van der Waals surface area contributed by atoms with Crippen molar-refractivity contribution in [2.75, 3.05) is 11.9 Å². The van der Waals surface area contributed by atoms with E-state index in [9.17, 15) is 4.79 Å². The number of amides is 1. The van der Waals surface area contributed by atoms with Crippen LogP contribution in [0.5, 0.6) is 0 Å². The van der Waals surface area contributed by atoms with Gasteiger partial charge in [-0.1, -0.05) is 13.8 Å². The molecule has 100 valence electrons. The number of hydrogen-bond donors (Lipinski definition) is 2. The van der Waals surface area contributed by atoms with Gasteiger partial charge in [0.05, 0.1) is 17.4 Å². The Bertz CT molecular complexity index is 427. The normalized spacial score (nSPS) is 23.9. The molecule has 0 saturated carbocycles. The molecule has 1 aromatic rings. The number of aryl methyl sites for hydroxylation is 2. The van der Waals surface area contributed by atoms with Crippen LogP contribution in [0, 0.1) is 5.92 Å². The summed E-state index contributed by atoms with van der Waals surface area (Å²) in [6.45, 7) is 5.16. The van der Waals surface area contributed by atoms with Gasteiger partial charge in [0, 0.05) is 13.2 Å². The minimum atomic E-state index is -0.0707. The standard InChI is InChI=1S/C13H22N4O/c1-4-10-12(8-17(3)16-10)15-13(18)11-7-9(2)5-6-14-11/h8-9,11,14H,4-7H2,1-3H3,(H,15,18). The monoisotopic (exact) mass is 250 g/mol. The zero-order valence-corrected chi connectivity index (χ0v) is 11.4. The molecule has 2 heterocycles. The first-order valence-corrected chi connectivity index (χ1v) is 6.67. The Morgan fingerprint density at radius 1 is 1.67 bits per heavy atom. The lowest BCUT2D eigenvalue weighted by molar-refractivity contribution is -0.119. The summed E-state index contributed by atoms with van der Waals surface area (Å²) in [6, 6.07) is -0.0707. The lowest BCUT2D eigenvalue weighted by atomic mass is 9.94. The molecule has 5 nitrogen and oxygen atoms in total. The van der Waals surface area contributed by atoms with Crippen LogP contribution in [0.15, 0.2) is 6.20 Å². The molecule has 2 unspecified atom stereocenters. The average Bonchev–Trinajstić information content (AvgIpc) is 2.69. The highest BCUT2D eigenvalue weighted by Crippen LogP contribution is 2.18. The summed E-state index contributed by atoms with van der Waals surface area (Å²) in [7, 11) is 1.87. The van der Waals surface area contributed by atoms with E-state index in [4.69, 9.17) is 0 Å². The van der Waals surface area contributed by atoms with Gasteiger partial charge < -0.3 is 10.6 Å². The zero-order chi connectivity index (χ0) is 13.1. The number of nitrogens with zero attached hydrogens (tertiary/aromatic N) is 2. The number of nitrogens with one attached hydrogen (secondary N) is 2. The Hall–Kier alpha value is -1.36. The first-order valence-electron chi connectivity index (χ1n) is 6.67. The summed E-state index contributed by atoms with van der Waals surface area (Å²) in [5.41, 5.74) is 1.78. The largest absolute Gasteiger partial charge is 0.322 e. The average molecular weight is 250 g/mol. The summed E-state index contributed by atoms with van der Waals surface area (Å²) in [4.78, 5) is 12.2. The maximum Gasteiger partial charge on any atom is 0.241 e. The van der Waals surface area contributed by atoms with Gasteiger partial charge in [0.1, 0.15) is 0 Å². The van der Waals surface area contributed by atoms with Gasteiger partial charge in [0.25, 0.3) is 0 Å². The zero-order valence-electron chi connectivity index (χ0n) is 11.4. The summed E-state index contributed by atoms with van der Waals surface area (Å²) in [5, 5.41) is 10.6. The highest BCUT2D eigenvalue weighted by molar-refractivity contribution is 5.95. The second-order valence-corrected chi connectivity index (χ2v) is 5.14. The molecule has 0 aliphatic carbocycles. The molecule has 0 bridgehead atoms. The van der Waals surface area contributed by atoms with Gasteiger partial charge in [-0.3, -0.25) is 9.48 Å². The van der Waals surface area contributed by atoms with Crippen molar-refractivity contribution in [2.45, 2.75) is 39.2 Å². The predicted molar refractivity (Wildman–Crippen MR) is 71.4 cm³/mol. The van der Waals surface area contributed by atoms with Crippen molar-refractivity contribution >= 4 is 11.6 Å². The fraction of sp³-hybridized carbons (Fsp3) is 0.692. The van der Waals surface area contributed by atoms with Crippen molar-refractivity contribution in [3.8, 4) is 0 Å². The SMILES string of the molecule is CCc1nn(C)cc1NC(=O)C1CC(C)CCN1. The van der Waals surface area contributed by atoms with Gasteiger partial charge in [-0.2, -0.15) is 5.10 Å². The molecule has 1 aliphatic rings. The lowest BCUT2D eigenvalue weighted by Gasteiger charge is -2.27. The van der Waals surface area contributed by atoms with Crippen molar-refractivity contribution in [3.05, 3.63) is 11.9 Å². The van der Waals surface area contributed by atoms with Crippen LogP contribution in [0.25, 0.3) is 0 Å². The minimum absolute atomic E-state index is 0.0595. The summed E-state index contributed by atoms with van der Waals surface area (Å²) in [5.74, 6) is 0.672. The van der Waals surface area contributed by atoms with Crippen LogP contribution in [0.4, 0.5) is 5.69 Å². The topological polar surface area (TPSA) is 59.0 Å². The van der Waals surface area contributed by atoms with Crippen LogP contribution in [0.2, 0.25) is 0 Å². The summed E-state index contributed by atoms with van der Waals surface area (Å²) in [6.07, 6.45) is 4.75. The molecule has 1 saturated heterocycles. The first-order chi connectivity index (χ1) is 8.60. The van der Waals surface area contributed by atoms with Gasteiger partial charge in [-0.05, 0) is 31.7 Å². The maximum absolute atomic E-state index is 12.2. The number of carbonyl (C=O) groups is 1. The smallest absolute Gasteiger partial charge is 0.241 e. The molecule has 18 heavy (non-hydrogen) atoms. The number of anilines is 1. The third-order valence-electron chi connectivity index (χ3n) is 3.48. The van der Waals surface area contributed by atoms with Crippen LogP contribution in [-0.4, -0.2) is 28.3 Å². The fourth-order valence-electron chi connectivity index (χ4n) is 2.43. The third kappa shape index (κ3) is 2.90. The molecule has 1 aromatic heterocycles. The second-order valence-electron chi connectivity index (χ2n) is 5.14. The van der Waals surface area contributed by atoms with Crippen molar-refractivity contribution in [1.82, 2.24) is 15.1 Å². The van der Waals surface area contributed by atoms with Crippen molar-refractivity contribution in [1.29, 1.82) is 0 Å². The Labute approximate surface area is 108 Å². The molecule has 2 rings (SSSR count). The summed E-state index contributed by atoms with van der Waals surface area (Å²) < 4.78 is 1.74. The highest BCUT2D eigenvalue weighted by Gasteiger charge is 2.25. The quantitative estimate of drug-likeness (QED) is 0.850. The summed E-state index contributed by atoms with van der Waals surface area (Å²) >= 11 is 0. The van der Waals surface area contributed by atoms with E-state index >= 15 is 0 Å². The molecule has 2 atom stereocenters. The van der Waals surface area contributed by atoms with Crippen LogP contribution >= 0.6 is 0 Å². The van der Waals surface area contributed by atoms with E-state index in [2.05, 4.69) is 22.7 Å². The van der Waals surface area contributed by atoms with Gasteiger partial charge in [-0.25, -0.2) is 0 Å². The molecule has 1 aliphatic heterocycles. The molecule has 1 amide bonds. The van der Waals surface area contributed by atoms with Gasteiger partial charge in [0.2, 0.25) is 5.91 Å². The Morgan fingerprint density at radius 2 is 2.44 bits per heavy atom. The van der Waals surface area contributed by atoms with Crippen LogP contribution in [-0.2, 0) is 18.3 Å². The van der Waals surface area contributed by atoms with E-state index in [-0.39, 0.29) is 11.9 Å². The van der Waals surface area contributed by atoms with Crippen molar-refractivity contribution in [3.63, 3.8) is 0 Å². The van der Waals surface area contributed by atoms with E-state index in [1.165, 1.54) is 0 Å². The van der Waals surface area contributed by atoms with Gasteiger partial charge in [0.15, 0.2) is 0 Å². The third-order valence-corrected chi connectivity index (χ3v) is 3.48. The minimum Gasteiger partial charge on any atom is -0.322 e. The van der Waals surface area contributed by atoms with Crippen LogP contribution in [0.3, 0.4) is 0 Å². The Kier molecular flexibility index (Phi) is 4.01. The number of aromatic nitrogens is 2. The van der Waals surface area contributed by atoms with Crippen molar-refractivity contribution in [2.24, 2.45) is 13.0 Å². The predicted octanol–water partition coefficient (Wildman–Crippen LogP) is 1.31. The van der Waals surface area contributed by atoms with E-state index in [1.54, 1.807) is 4.68 Å². The number of carbonyl (C=O) groups excluding carboxylic acids is 1. The molecule has 0 radical (unpaired) electrons. The fourth-order valence-corrected chi connectivity index (χ4v) is 2.43. The van der Waals surface area contributed by atoms with E-state index < -0.39 is 0 Å². The molecule has 1 fully saturated rings. The molecule has 0 aromatic carbocycles. The molecular weight excluding hydrogens is 228 g/mol. The van der Waals surface area contributed by atoms with E-state index in [1.807, 2.05) is 20.2 Å². The van der Waals surface area contributed by atoms with Crippen molar-refractivity contribution < 1.29 is 4.79 Å². The molecule has 2 N–H and O–H groups in total. The lowest BCUT2D eigenvalue weighted by Crippen LogP contribution is -2.45. The van der Waals surface area contributed by atoms with E-state index in [0.717, 1.165) is 37.2 Å². The molecular formula is C13H22N4O. The number of rotatable bonds is 3. The molecule has 5 heteroatoms. The highest BCUT2D eigenvalue weighted by atomic mass is 16.2. The Morgan fingerprint density at radius 3 is 3.11 bits per heavy atom. The van der Waals surface area contributed by atoms with Gasteiger partial charge >= 0.3 is 0 Å². The maximum atomic E-state index is 12.2. The van der Waals surface area contributed by atoms with E-state index in [0.29, 0.717) is 5.92 Å². The molecule has 0 spiro atoms. The van der Waals surface area contributed by atoms with Gasteiger partial charge in [-0.15, -0.1) is 0 Å². The number of piperidine rings is 1. The first kappa shape index (κ1) is 13.1. The number of hydrogen-bond acceptors (Lipinski definition) is 3. The van der Waals surface area contributed by atoms with Crippen LogP contribution in [0.1, 0.15) is 32.4 Å². The second kappa shape index (κ2) is 5.52. The van der Waals surface area contributed by atoms with Crippen LogP contribution < -0.4 is 10.6 Å².